The number of hydrogen-bond donors (Lipinski definition) is 2. The molecule has 1 unspecified atom stereocenters. The summed E-state index contributed by atoms with van der Waals surface area (Å²) in [7, 11) is 1.50. The highest BCUT2D eigenvalue weighted by Crippen LogP contribution is 2.37. The van der Waals surface area contributed by atoms with E-state index in [9.17, 15) is 18.8 Å². The van der Waals surface area contributed by atoms with Crippen molar-refractivity contribution in [2.24, 2.45) is 0 Å². The highest BCUT2D eigenvalue weighted by atomic mass is 35.5. The van der Waals surface area contributed by atoms with E-state index in [0.717, 1.165) is 11.1 Å². The lowest BCUT2D eigenvalue weighted by Crippen LogP contribution is -2.52. The maximum Gasteiger partial charge on any atom is 0.255 e. The minimum atomic E-state index is -0.716. The minimum absolute atomic E-state index is 0.0849. The Bertz CT molecular complexity index is 1790. The quantitative estimate of drug-likeness (QED) is 0.217. The number of anilines is 2. The van der Waals surface area contributed by atoms with Crippen LogP contribution in [0.1, 0.15) is 34.3 Å². The van der Waals surface area contributed by atoms with Crippen LogP contribution in [-0.4, -0.2) is 45.7 Å². The molecule has 0 spiro atoms. The summed E-state index contributed by atoms with van der Waals surface area (Å²) in [5.41, 5.74) is 2.67. The van der Waals surface area contributed by atoms with E-state index in [-0.39, 0.29) is 47.1 Å². The van der Waals surface area contributed by atoms with Gasteiger partial charge in [0.2, 0.25) is 11.8 Å². The number of amides is 3. The second kappa shape index (κ2) is 11.1. The average molecular weight is 610 g/mol. The number of ether oxygens (including phenoxy) is 2. The first kappa shape index (κ1) is 27.7. The fourth-order valence-electron chi connectivity index (χ4n) is 5.06. The Balaban J connectivity index is 1.23. The number of nitrogens with zero attached hydrogens (tertiary/aromatic N) is 3. The van der Waals surface area contributed by atoms with Crippen LogP contribution >= 0.6 is 23.2 Å². The van der Waals surface area contributed by atoms with Crippen molar-refractivity contribution in [1.82, 2.24) is 20.2 Å². The second-order valence-corrected chi connectivity index (χ2v) is 10.6. The van der Waals surface area contributed by atoms with Crippen LogP contribution < -0.4 is 20.1 Å². The molecule has 4 aromatic rings. The van der Waals surface area contributed by atoms with Crippen molar-refractivity contribution in [1.29, 1.82) is 0 Å². The summed E-state index contributed by atoms with van der Waals surface area (Å²) < 4.78 is 26.4. The topological polar surface area (TPSA) is 123 Å². The Morgan fingerprint density at radius 2 is 1.93 bits per heavy atom. The molecule has 6 rings (SSSR count). The summed E-state index contributed by atoms with van der Waals surface area (Å²) in [6, 6.07) is 11.0. The summed E-state index contributed by atoms with van der Waals surface area (Å²) in [6.45, 7) is 0.394. The number of rotatable bonds is 7. The fourth-order valence-corrected chi connectivity index (χ4v) is 5.38. The average Bonchev–Trinajstić information content (AvgIpc) is 3.31. The van der Waals surface area contributed by atoms with Gasteiger partial charge in [0.1, 0.15) is 24.8 Å². The molecular formula is C29H22Cl2FN5O5. The van der Waals surface area contributed by atoms with Crippen molar-refractivity contribution < 1.29 is 28.2 Å². The van der Waals surface area contributed by atoms with Crippen molar-refractivity contribution in [2.45, 2.75) is 32.0 Å². The molecule has 2 aliphatic rings. The van der Waals surface area contributed by atoms with Gasteiger partial charge >= 0.3 is 0 Å². The zero-order valence-corrected chi connectivity index (χ0v) is 23.6. The van der Waals surface area contributed by atoms with Crippen molar-refractivity contribution in [3.8, 4) is 11.5 Å². The van der Waals surface area contributed by atoms with Crippen molar-refractivity contribution in [3.05, 3.63) is 81.3 Å². The zero-order chi connectivity index (χ0) is 29.5. The normalized spacial score (nSPS) is 16.4. The third-order valence-corrected chi connectivity index (χ3v) is 7.97. The van der Waals surface area contributed by atoms with Gasteiger partial charge in [-0.15, -0.1) is 0 Å². The van der Waals surface area contributed by atoms with E-state index in [1.165, 1.54) is 30.5 Å². The molecule has 0 aliphatic carbocycles. The number of benzene rings is 3. The van der Waals surface area contributed by atoms with Gasteiger partial charge < -0.3 is 19.7 Å². The molecule has 3 aromatic carbocycles. The molecule has 2 N–H and O–H groups in total. The van der Waals surface area contributed by atoms with E-state index in [1.54, 1.807) is 24.3 Å². The Labute approximate surface area is 248 Å². The van der Waals surface area contributed by atoms with Gasteiger partial charge in [0.15, 0.2) is 17.3 Å². The van der Waals surface area contributed by atoms with Crippen LogP contribution in [0.4, 0.5) is 15.9 Å². The molecule has 1 aromatic heterocycles. The molecule has 3 amide bonds. The minimum Gasteiger partial charge on any atom is -0.493 e. The van der Waals surface area contributed by atoms with E-state index < -0.39 is 17.8 Å². The maximum atomic E-state index is 14.7. The van der Waals surface area contributed by atoms with Gasteiger partial charge in [0.05, 0.1) is 28.4 Å². The number of nitrogens with one attached hydrogen (secondary N) is 2. The van der Waals surface area contributed by atoms with Crippen LogP contribution in [-0.2, 0) is 22.7 Å². The summed E-state index contributed by atoms with van der Waals surface area (Å²) in [6.07, 6.45) is 1.82. The highest BCUT2D eigenvalue weighted by molar-refractivity contribution is 6.42. The molecule has 13 heteroatoms. The van der Waals surface area contributed by atoms with Crippen LogP contribution in [0.15, 0.2) is 48.8 Å². The third kappa shape index (κ3) is 5.05. The number of hydrogen-bond acceptors (Lipinski definition) is 8. The molecule has 0 saturated carbocycles. The Kier molecular flexibility index (Phi) is 7.29. The van der Waals surface area contributed by atoms with Crippen LogP contribution in [0.5, 0.6) is 11.5 Å². The Morgan fingerprint density at radius 3 is 2.71 bits per heavy atom. The summed E-state index contributed by atoms with van der Waals surface area (Å²) >= 11 is 11.9. The predicted molar refractivity (Wildman–Crippen MR) is 153 cm³/mol. The number of aromatic nitrogens is 2. The monoisotopic (exact) mass is 609 g/mol. The molecule has 1 atom stereocenters. The van der Waals surface area contributed by atoms with Crippen molar-refractivity contribution in [2.75, 3.05) is 12.4 Å². The van der Waals surface area contributed by atoms with Crippen LogP contribution in [0, 0.1) is 5.82 Å². The van der Waals surface area contributed by atoms with Gasteiger partial charge in [0, 0.05) is 30.0 Å². The first-order valence-electron chi connectivity index (χ1n) is 12.9. The van der Waals surface area contributed by atoms with Crippen molar-refractivity contribution in [3.63, 3.8) is 0 Å². The molecule has 1 fully saturated rings. The van der Waals surface area contributed by atoms with Gasteiger partial charge in [-0.2, -0.15) is 0 Å². The summed E-state index contributed by atoms with van der Waals surface area (Å²) in [5.74, 6) is -0.630. The number of carbonyl (C=O) groups is 3. The molecule has 42 heavy (non-hydrogen) atoms. The van der Waals surface area contributed by atoms with Crippen LogP contribution in [0.25, 0.3) is 10.9 Å². The lowest BCUT2D eigenvalue weighted by molar-refractivity contribution is -0.136. The molecular weight excluding hydrogens is 588 g/mol. The molecule has 1 saturated heterocycles. The maximum absolute atomic E-state index is 14.7. The molecule has 2 aliphatic heterocycles. The molecule has 214 valence electrons. The Morgan fingerprint density at radius 1 is 1.10 bits per heavy atom. The largest absolute Gasteiger partial charge is 0.493 e. The molecule has 3 heterocycles. The number of methoxy groups -OCH3 is 1. The molecule has 0 bridgehead atoms. The van der Waals surface area contributed by atoms with Gasteiger partial charge in [-0.1, -0.05) is 29.3 Å². The number of halogens is 3. The summed E-state index contributed by atoms with van der Waals surface area (Å²) in [4.78, 5) is 46.9. The number of piperidine rings is 1. The highest BCUT2D eigenvalue weighted by Gasteiger charge is 2.39. The summed E-state index contributed by atoms with van der Waals surface area (Å²) in [5, 5.41) is 5.67. The second-order valence-electron chi connectivity index (χ2n) is 9.77. The molecule has 10 nitrogen and oxygen atoms in total. The van der Waals surface area contributed by atoms with E-state index >= 15 is 0 Å². The molecule has 0 radical (unpaired) electrons. The van der Waals surface area contributed by atoms with Crippen molar-refractivity contribution >= 4 is 63.3 Å². The predicted octanol–water partition coefficient (Wildman–Crippen LogP) is 5.17. The Hall–Kier alpha value is -4.48. The van der Waals surface area contributed by atoms with Crippen LogP contribution in [0.2, 0.25) is 10.0 Å². The lowest BCUT2D eigenvalue weighted by Gasteiger charge is -2.29. The van der Waals surface area contributed by atoms with E-state index in [0.29, 0.717) is 40.2 Å². The fraction of sp³-hybridized carbons (Fsp3) is 0.207. The number of fused-ring (bicyclic) bond motifs is 2. The first-order chi connectivity index (χ1) is 20.2. The zero-order valence-electron chi connectivity index (χ0n) is 22.0. The van der Waals surface area contributed by atoms with Gasteiger partial charge in [-0.25, -0.2) is 14.4 Å². The van der Waals surface area contributed by atoms with Gasteiger partial charge in [0.25, 0.3) is 5.91 Å². The number of carbonyl (C=O) groups excluding carboxylic acids is 3. The van der Waals surface area contributed by atoms with E-state index in [2.05, 4.69) is 20.6 Å². The third-order valence-electron chi connectivity index (χ3n) is 7.19. The SMILES string of the molecule is COc1cc2ncnc(Nc3ccc(Cl)c(Cl)c3F)c2cc1OCc1ccc2c(c1)CN(C1CCC(=O)NC1=O)C2=O. The standard InChI is InChI=1S/C29H22Cl2FN5O5/c1-41-22-10-20-17(27(34-13-33-20)35-19-5-4-18(30)25(31)26(19)32)9-23(22)42-12-14-2-3-16-15(8-14)11-37(29(16)40)21-6-7-24(38)36-28(21)39/h2-5,8-10,13,21H,6-7,11-12H2,1H3,(H,33,34,35)(H,36,38,39). The van der Waals surface area contributed by atoms with Crippen LogP contribution in [0.3, 0.4) is 0 Å². The van der Waals surface area contributed by atoms with Gasteiger partial charge in [-0.3, -0.25) is 19.7 Å². The van der Waals surface area contributed by atoms with Gasteiger partial charge in [-0.05, 0) is 47.9 Å². The first-order valence-corrected chi connectivity index (χ1v) is 13.6. The number of imide groups is 1. The van der Waals surface area contributed by atoms with E-state index in [1.807, 2.05) is 6.07 Å². The van der Waals surface area contributed by atoms with E-state index in [4.69, 9.17) is 32.7 Å². The lowest BCUT2D eigenvalue weighted by atomic mass is 10.0. The smallest absolute Gasteiger partial charge is 0.255 e.